The minimum Gasteiger partial charge on any atom is -0.367 e. The van der Waals surface area contributed by atoms with Gasteiger partial charge in [-0.3, -0.25) is 4.68 Å². The van der Waals surface area contributed by atoms with Crippen molar-refractivity contribution in [1.29, 1.82) is 0 Å². The molecule has 4 rings (SSSR count). The van der Waals surface area contributed by atoms with Crippen LogP contribution in [0.2, 0.25) is 0 Å². The van der Waals surface area contributed by atoms with Crippen molar-refractivity contribution in [3.8, 4) is 0 Å². The van der Waals surface area contributed by atoms with E-state index in [0.717, 1.165) is 29.8 Å². The Morgan fingerprint density at radius 1 is 1.23 bits per heavy atom. The van der Waals surface area contributed by atoms with Crippen LogP contribution in [0.3, 0.4) is 0 Å². The quantitative estimate of drug-likeness (QED) is 0.727. The number of hydrogen-bond acceptors (Lipinski definition) is 3. The highest BCUT2D eigenvalue weighted by atomic mass is 15.3. The van der Waals surface area contributed by atoms with Crippen LogP contribution in [0.1, 0.15) is 23.2 Å². The lowest BCUT2D eigenvalue weighted by molar-refractivity contribution is 0.690. The van der Waals surface area contributed by atoms with Crippen LogP contribution in [0.15, 0.2) is 36.5 Å². The van der Waals surface area contributed by atoms with Gasteiger partial charge in [0, 0.05) is 37.4 Å². The summed E-state index contributed by atoms with van der Waals surface area (Å²) >= 11 is 0. The number of aryl methyl sites for hydroxylation is 3. The Labute approximate surface area is 130 Å². The molecule has 0 unspecified atom stereocenters. The number of nitrogens with zero attached hydrogens (tertiary/aromatic N) is 4. The molecule has 112 valence electrons. The molecule has 4 nitrogen and oxygen atoms in total. The van der Waals surface area contributed by atoms with E-state index < -0.39 is 0 Å². The lowest BCUT2D eigenvalue weighted by Crippen LogP contribution is -2.28. The molecule has 1 aliphatic heterocycles. The average Bonchev–Trinajstić information content (AvgIpc) is 2.82. The predicted molar refractivity (Wildman–Crippen MR) is 89.1 cm³/mol. The van der Waals surface area contributed by atoms with Gasteiger partial charge in [-0.1, -0.05) is 18.2 Å². The summed E-state index contributed by atoms with van der Waals surface area (Å²) in [4.78, 5) is 7.06. The zero-order chi connectivity index (χ0) is 15.1. The van der Waals surface area contributed by atoms with Gasteiger partial charge in [-0.25, -0.2) is 4.98 Å². The molecule has 0 aliphatic carbocycles. The van der Waals surface area contributed by atoms with Gasteiger partial charge < -0.3 is 4.90 Å². The van der Waals surface area contributed by atoms with Crippen LogP contribution in [0.5, 0.6) is 0 Å². The maximum Gasteiger partial charge on any atom is 0.157 e. The Bertz CT molecular complexity index is 834. The van der Waals surface area contributed by atoms with Crippen molar-refractivity contribution in [2.45, 2.75) is 26.3 Å². The van der Waals surface area contributed by atoms with Crippen molar-refractivity contribution in [1.82, 2.24) is 14.8 Å². The third kappa shape index (κ3) is 2.15. The Hall–Kier alpha value is -2.36. The first-order valence-electron chi connectivity index (χ1n) is 7.83. The van der Waals surface area contributed by atoms with Crippen molar-refractivity contribution in [3.63, 3.8) is 0 Å². The molecule has 0 fully saturated rings. The van der Waals surface area contributed by atoms with E-state index in [0.29, 0.717) is 0 Å². The lowest BCUT2D eigenvalue weighted by atomic mass is 10.0. The monoisotopic (exact) mass is 292 g/mol. The molecule has 2 aromatic heterocycles. The van der Waals surface area contributed by atoms with E-state index in [9.17, 15) is 0 Å². The molecule has 1 aromatic carbocycles. The van der Waals surface area contributed by atoms with E-state index in [4.69, 9.17) is 0 Å². The van der Waals surface area contributed by atoms with E-state index in [1.165, 1.54) is 29.7 Å². The third-order valence-electron chi connectivity index (χ3n) is 4.50. The van der Waals surface area contributed by atoms with Crippen molar-refractivity contribution >= 4 is 16.7 Å². The zero-order valence-corrected chi connectivity index (χ0v) is 13.1. The fraction of sp³-hybridized carbons (Fsp3) is 0.333. The summed E-state index contributed by atoms with van der Waals surface area (Å²) in [6.45, 7) is 4.07. The van der Waals surface area contributed by atoms with E-state index in [1.54, 1.807) is 0 Å². The first-order chi connectivity index (χ1) is 10.7. The van der Waals surface area contributed by atoms with Crippen LogP contribution in [0.4, 0.5) is 5.69 Å². The van der Waals surface area contributed by atoms with Crippen LogP contribution in [0.25, 0.3) is 11.0 Å². The maximum atomic E-state index is 4.60. The molecule has 3 heterocycles. The molecule has 3 aromatic rings. The highest BCUT2D eigenvalue weighted by molar-refractivity contribution is 5.78. The van der Waals surface area contributed by atoms with E-state index in [-0.39, 0.29) is 0 Å². The summed E-state index contributed by atoms with van der Waals surface area (Å²) in [5, 5.41) is 5.61. The first kappa shape index (κ1) is 13.3. The standard InChI is InChI=1S/C18H20N4/c1-13-16-10-14(11-19-18(16)21(2)20-13)12-22-9-5-7-15-6-3-4-8-17(15)22/h3-4,6,8,10-11H,5,7,9,12H2,1-2H3. The number of rotatable bonds is 2. The molecule has 0 atom stereocenters. The molecule has 0 spiro atoms. The summed E-state index contributed by atoms with van der Waals surface area (Å²) in [6.07, 6.45) is 4.39. The van der Waals surface area contributed by atoms with Gasteiger partial charge in [0.2, 0.25) is 0 Å². The summed E-state index contributed by atoms with van der Waals surface area (Å²) in [7, 11) is 1.95. The number of fused-ring (bicyclic) bond motifs is 2. The van der Waals surface area contributed by atoms with E-state index >= 15 is 0 Å². The number of anilines is 1. The second-order valence-electron chi connectivity index (χ2n) is 6.08. The topological polar surface area (TPSA) is 34.0 Å². The highest BCUT2D eigenvalue weighted by Crippen LogP contribution is 2.28. The van der Waals surface area contributed by atoms with Crippen LogP contribution in [-0.4, -0.2) is 21.3 Å². The van der Waals surface area contributed by atoms with Gasteiger partial charge in [-0.15, -0.1) is 0 Å². The lowest BCUT2D eigenvalue weighted by Gasteiger charge is -2.31. The molecule has 0 saturated carbocycles. The first-order valence-corrected chi connectivity index (χ1v) is 7.83. The summed E-state index contributed by atoms with van der Waals surface area (Å²) in [6, 6.07) is 11.0. The van der Waals surface area contributed by atoms with Gasteiger partial charge in [-0.05, 0) is 43.0 Å². The van der Waals surface area contributed by atoms with Crippen LogP contribution in [0, 0.1) is 6.92 Å². The summed E-state index contributed by atoms with van der Waals surface area (Å²) in [5.41, 5.74) is 6.09. The Morgan fingerprint density at radius 3 is 3.00 bits per heavy atom. The fourth-order valence-corrected chi connectivity index (χ4v) is 3.43. The van der Waals surface area contributed by atoms with Gasteiger partial charge in [0.05, 0.1) is 5.69 Å². The van der Waals surface area contributed by atoms with Crippen LogP contribution in [-0.2, 0) is 20.0 Å². The molecule has 22 heavy (non-hydrogen) atoms. The van der Waals surface area contributed by atoms with Gasteiger partial charge in [0.1, 0.15) is 0 Å². The molecule has 4 heteroatoms. The highest BCUT2D eigenvalue weighted by Gasteiger charge is 2.17. The third-order valence-corrected chi connectivity index (χ3v) is 4.50. The molecular weight excluding hydrogens is 272 g/mol. The predicted octanol–water partition coefficient (Wildman–Crippen LogP) is 3.23. The molecule has 1 aliphatic rings. The van der Waals surface area contributed by atoms with Crippen molar-refractivity contribution in [2.24, 2.45) is 7.05 Å². The number of para-hydroxylation sites is 1. The van der Waals surface area contributed by atoms with Gasteiger partial charge in [0.25, 0.3) is 0 Å². The van der Waals surface area contributed by atoms with Gasteiger partial charge in [-0.2, -0.15) is 5.10 Å². The van der Waals surface area contributed by atoms with Crippen molar-refractivity contribution in [2.75, 3.05) is 11.4 Å². The SMILES string of the molecule is Cc1nn(C)c2ncc(CN3CCCc4ccccc43)cc12. The molecule has 0 N–H and O–H groups in total. The van der Waals surface area contributed by atoms with E-state index in [1.807, 2.05) is 24.9 Å². The van der Waals surface area contributed by atoms with Gasteiger partial charge >= 0.3 is 0 Å². The number of hydrogen-bond donors (Lipinski definition) is 0. The fourth-order valence-electron chi connectivity index (χ4n) is 3.43. The Morgan fingerprint density at radius 2 is 2.09 bits per heavy atom. The Balaban J connectivity index is 1.68. The second-order valence-corrected chi connectivity index (χ2v) is 6.08. The van der Waals surface area contributed by atoms with Crippen LogP contribution >= 0.6 is 0 Å². The second kappa shape index (κ2) is 5.13. The summed E-state index contributed by atoms with van der Waals surface area (Å²) in [5.74, 6) is 0. The number of pyridine rings is 1. The largest absolute Gasteiger partial charge is 0.367 e. The minimum atomic E-state index is 0.911. The van der Waals surface area contributed by atoms with Crippen molar-refractivity contribution in [3.05, 3.63) is 53.3 Å². The normalized spacial score (nSPS) is 14.4. The van der Waals surface area contributed by atoms with E-state index in [2.05, 4.69) is 45.3 Å². The minimum absolute atomic E-state index is 0.911. The molecule has 0 radical (unpaired) electrons. The maximum absolute atomic E-state index is 4.60. The Kier molecular flexibility index (Phi) is 3.10. The molecule has 0 bridgehead atoms. The smallest absolute Gasteiger partial charge is 0.157 e. The number of benzene rings is 1. The molecule has 0 saturated heterocycles. The van der Waals surface area contributed by atoms with Gasteiger partial charge in [0.15, 0.2) is 5.65 Å². The molecule has 0 amide bonds. The van der Waals surface area contributed by atoms with Crippen molar-refractivity contribution < 1.29 is 0 Å². The summed E-state index contributed by atoms with van der Waals surface area (Å²) < 4.78 is 1.85. The zero-order valence-electron chi connectivity index (χ0n) is 13.1. The van der Waals surface area contributed by atoms with Crippen LogP contribution < -0.4 is 4.90 Å². The molecular formula is C18H20N4. The number of aromatic nitrogens is 3. The average molecular weight is 292 g/mol.